The molecule has 2 atom stereocenters. The van der Waals surface area contributed by atoms with E-state index in [2.05, 4.69) is 5.32 Å². The number of thioether (sulfide) groups is 1. The summed E-state index contributed by atoms with van der Waals surface area (Å²) < 4.78 is 6.54. The molecule has 43 heavy (non-hydrogen) atoms. The van der Waals surface area contributed by atoms with E-state index < -0.39 is 11.2 Å². The fourth-order valence-corrected chi connectivity index (χ4v) is 6.74. The van der Waals surface area contributed by atoms with E-state index in [1.54, 1.807) is 11.5 Å². The van der Waals surface area contributed by atoms with Crippen molar-refractivity contribution in [2.45, 2.75) is 62.5 Å². The molecular weight excluding hydrogens is 564 g/mol. The van der Waals surface area contributed by atoms with Crippen LogP contribution in [0.1, 0.15) is 50.3 Å². The fraction of sp³-hybridized carbons (Fsp3) is 0.364. The molecule has 1 aliphatic rings. The predicted molar refractivity (Wildman–Crippen MR) is 168 cm³/mol. The Morgan fingerprint density at radius 1 is 1.02 bits per heavy atom. The van der Waals surface area contributed by atoms with Crippen molar-refractivity contribution in [1.29, 1.82) is 0 Å². The number of carbonyl (C=O) groups is 3. The number of benzene rings is 3. The zero-order chi connectivity index (χ0) is 30.3. The van der Waals surface area contributed by atoms with E-state index in [-0.39, 0.29) is 42.9 Å². The molecule has 224 valence electrons. The van der Waals surface area contributed by atoms with Gasteiger partial charge in [-0.15, -0.1) is 0 Å². The second-order valence-corrected chi connectivity index (χ2v) is 11.6. The van der Waals surface area contributed by atoms with Gasteiger partial charge in [-0.25, -0.2) is 4.98 Å². The average Bonchev–Trinajstić information content (AvgIpc) is 3.50. The topological polar surface area (TPSA) is 111 Å². The van der Waals surface area contributed by atoms with Gasteiger partial charge in [-0.05, 0) is 55.2 Å². The highest BCUT2D eigenvalue weighted by molar-refractivity contribution is 8.00. The number of nitrogens with one attached hydrogen (secondary N) is 1. The number of nitrogens with zero attached hydrogens (tertiary/aromatic N) is 3. The van der Waals surface area contributed by atoms with Gasteiger partial charge >= 0.3 is 5.97 Å². The van der Waals surface area contributed by atoms with Gasteiger partial charge in [0.2, 0.25) is 11.8 Å². The number of likely N-dealkylation sites (tertiary alicyclic amines) is 1. The maximum Gasteiger partial charge on any atom is 0.306 e. The van der Waals surface area contributed by atoms with Crippen molar-refractivity contribution in [2.24, 2.45) is 0 Å². The molecule has 0 aliphatic carbocycles. The predicted octanol–water partition coefficient (Wildman–Crippen LogP) is 4.85. The molecule has 4 aromatic rings. The zero-order valence-electron chi connectivity index (χ0n) is 24.5. The number of esters is 1. The van der Waals surface area contributed by atoms with Crippen LogP contribution in [0.5, 0.6) is 0 Å². The third kappa shape index (κ3) is 6.91. The Hall–Kier alpha value is -4.18. The third-order valence-corrected chi connectivity index (χ3v) is 8.94. The van der Waals surface area contributed by atoms with Gasteiger partial charge in [0.25, 0.3) is 5.56 Å². The van der Waals surface area contributed by atoms with Crippen molar-refractivity contribution < 1.29 is 19.1 Å². The van der Waals surface area contributed by atoms with E-state index in [0.29, 0.717) is 35.7 Å². The summed E-state index contributed by atoms with van der Waals surface area (Å²) in [6.07, 6.45) is 1.64. The fourth-order valence-electron chi connectivity index (χ4n) is 5.51. The lowest BCUT2D eigenvalue weighted by Crippen LogP contribution is -2.44. The number of hydrogen-bond acceptors (Lipinski definition) is 7. The summed E-state index contributed by atoms with van der Waals surface area (Å²) in [5, 5.41) is 5.26. The molecule has 0 bridgehead atoms. The summed E-state index contributed by atoms with van der Waals surface area (Å²) in [6, 6.07) is 21.0. The summed E-state index contributed by atoms with van der Waals surface area (Å²) in [7, 11) is 0. The van der Waals surface area contributed by atoms with Gasteiger partial charge in [0.05, 0.1) is 23.9 Å². The molecule has 5 rings (SSSR count). The highest BCUT2D eigenvalue weighted by atomic mass is 32.2. The first kappa shape index (κ1) is 30.3. The molecule has 0 spiro atoms. The molecule has 0 saturated carbocycles. The maximum absolute atomic E-state index is 14.2. The number of aromatic nitrogens is 2. The number of amides is 2. The Balaban J connectivity index is 1.41. The van der Waals surface area contributed by atoms with Crippen molar-refractivity contribution in [2.75, 3.05) is 19.7 Å². The van der Waals surface area contributed by atoms with Gasteiger partial charge in [0.1, 0.15) is 5.25 Å². The SMILES string of the molecule is CCOC(=O)CCC(=O)NC[C@@H]1CCCN1C(=O)C(Sc1nc2cc3ccccc3cc2c(=O)n1CC)c1ccccc1. The quantitative estimate of drug-likeness (QED) is 0.113. The smallest absolute Gasteiger partial charge is 0.306 e. The minimum atomic E-state index is -0.635. The number of hydrogen-bond donors (Lipinski definition) is 1. The summed E-state index contributed by atoms with van der Waals surface area (Å²) >= 11 is 1.29. The highest BCUT2D eigenvalue weighted by Crippen LogP contribution is 2.38. The van der Waals surface area contributed by atoms with Crippen LogP contribution in [0.25, 0.3) is 21.7 Å². The Morgan fingerprint density at radius 3 is 2.47 bits per heavy atom. The van der Waals surface area contributed by atoms with Gasteiger partial charge in [-0.3, -0.25) is 23.7 Å². The molecule has 1 aliphatic heterocycles. The third-order valence-electron chi connectivity index (χ3n) is 7.71. The van der Waals surface area contributed by atoms with Gasteiger partial charge in [0, 0.05) is 32.1 Å². The Kier molecular flexibility index (Phi) is 9.76. The molecule has 0 radical (unpaired) electrons. The standard InChI is InChI=1S/C33H36N4O5S/c1-3-36-31(40)26-19-23-13-8-9-14-24(23)20-27(26)35-33(36)43-30(22-11-6-5-7-12-22)32(41)37-18-10-15-25(37)21-34-28(38)16-17-29(39)42-4-2/h5-9,11-14,19-20,25,30H,3-4,10,15-18,21H2,1-2H3,(H,34,38)/t25-,30?/m0/s1. The molecule has 1 N–H and O–H groups in total. The van der Waals surface area contributed by atoms with Crippen LogP contribution in [-0.2, 0) is 25.7 Å². The van der Waals surface area contributed by atoms with Crippen LogP contribution in [0, 0.1) is 0 Å². The first-order valence-corrected chi connectivity index (χ1v) is 15.6. The molecule has 1 saturated heterocycles. The van der Waals surface area contributed by atoms with Gasteiger partial charge in [0.15, 0.2) is 5.16 Å². The van der Waals surface area contributed by atoms with E-state index in [9.17, 15) is 19.2 Å². The Morgan fingerprint density at radius 2 is 1.74 bits per heavy atom. The first-order chi connectivity index (χ1) is 20.9. The van der Waals surface area contributed by atoms with E-state index in [1.807, 2.05) is 78.6 Å². The van der Waals surface area contributed by atoms with Crippen molar-refractivity contribution in [1.82, 2.24) is 19.8 Å². The van der Waals surface area contributed by atoms with Crippen molar-refractivity contribution in [3.05, 3.63) is 82.6 Å². The highest BCUT2D eigenvalue weighted by Gasteiger charge is 2.35. The lowest BCUT2D eigenvalue weighted by atomic mass is 10.1. The molecule has 2 heterocycles. The molecular formula is C33H36N4O5S. The largest absolute Gasteiger partial charge is 0.466 e. The number of fused-ring (bicyclic) bond motifs is 2. The molecule has 1 unspecified atom stereocenters. The monoisotopic (exact) mass is 600 g/mol. The van der Waals surface area contributed by atoms with Gasteiger partial charge in [-0.2, -0.15) is 0 Å². The van der Waals surface area contributed by atoms with Crippen LogP contribution >= 0.6 is 11.8 Å². The van der Waals surface area contributed by atoms with Crippen LogP contribution in [0.2, 0.25) is 0 Å². The van der Waals surface area contributed by atoms with E-state index in [0.717, 1.165) is 29.2 Å². The Bertz CT molecular complexity index is 1690. The lowest BCUT2D eigenvalue weighted by molar-refractivity contribution is -0.144. The van der Waals surface area contributed by atoms with E-state index in [1.165, 1.54) is 11.8 Å². The minimum absolute atomic E-state index is 0.0212. The van der Waals surface area contributed by atoms with Crippen molar-refractivity contribution in [3.63, 3.8) is 0 Å². The van der Waals surface area contributed by atoms with Crippen LogP contribution < -0.4 is 10.9 Å². The van der Waals surface area contributed by atoms with Crippen LogP contribution in [0.4, 0.5) is 0 Å². The Labute approximate surface area is 254 Å². The van der Waals surface area contributed by atoms with Crippen LogP contribution in [-0.4, -0.2) is 58.0 Å². The van der Waals surface area contributed by atoms with Gasteiger partial charge in [-0.1, -0.05) is 66.4 Å². The van der Waals surface area contributed by atoms with Crippen molar-refractivity contribution >= 4 is 51.2 Å². The van der Waals surface area contributed by atoms with Crippen LogP contribution in [0.3, 0.4) is 0 Å². The molecule has 1 aromatic heterocycles. The molecule has 1 fully saturated rings. The second-order valence-electron chi connectivity index (χ2n) is 10.5. The summed E-state index contributed by atoms with van der Waals surface area (Å²) in [6.45, 7) is 5.20. The maximum atomic E-state index is 14.2. The number of carbonyl (C=O) groups excluding carboxylic acids is 3. The zero-order valence-corrected chi connectivity index (χ0v) is 25.3. The van der Waals surface area contributed by atoms with E-state index in [4.69, 9.17) is 9.72 Å². The lowest BCUT2D eigenvalue weighted by Gasteiger charge is -2.29. The molecule has 3 aromatic carbocycles. The number of ether oxygens (including phenoxy) is 1. The minimum Gasteiger partial charge on any atom is -0.466 e. The summed E-state index contributed by atoms with van der Waals surface area (Å²) in [5.74, 6) is -0.740. The van der Waals surface area contributed by atoms with E-state index >= 15 is 0 Å². The van der Waals surface area contributed by atoms with Crippen molar-refractivity contribution in [3.8, 4) is 0 Å². The first-order valence-electron chi connectivity index (χ1n) is 14.8. The second kappa shape index (κ2) is 13.9. The summed E-state index contributed by atoms with van der Waals surface area (Å²) in [5.41, 5.74) is 1.28. The van der Waals surface area contributed by atoms with Crippen LogP contribution in [0.15, 0.2) is 76.7 Å². The van der Waals surface area contributed by atoms with Gasteiger partial charge < -0.3 is 15.0 Å². The molecule has 9 nitrogen and oxygen atoms in total. The molecule has 10 heteroatoms. The average molecular weight is 601 g/mol. The number of rotatable bonds is 11. The normalized spacial score (nSPS) is 15.5. The molecule has 2 amide bonds. The summed E-state index contributed by atoms with van der Waals surface area (Å²) in [4.78, 5) is 58.7.